The predicted molar refractivity (Wildman–Crippen MR) is 116 cm³/mol. The summed E-state index contributed by atoms with van der Waals surface area (Å²) in [7, 11) is 0. The van der Waals surface area contributed by atoms with E-state index in [0.717, 1.165) is 42.9 Å². The molecule has 30 heavy (non-hydrogen) atoms. The molecule has 3 aromatic heterocycles. The fraction of sp³-hybridized carbons (Fsp3) is 0.318. The van der Waals surface area contributed by atoms with E-state index in [2.05, 4.69) is 14.8 Å². The molecule has 0 atom stereocenters. The molecule has 0 radical (unpaired) electrons. The Labute approximate surface area is 179 Å². The van der Waals surface area contributed by atoms with E-state index in [0.29, 0.717) is 11.7 Å². The van der Waals surface area contributed by atoms with Gasteiger partial charge in [0.05, 0.1) is 12.1 Å². The standard InChI is InChI=1S/C22H23ClN4O3/c1-2-30-22(29)18-13-16(19-5-3-4-8-27(19)21(18)28)15-25-9-11-26(12-10-25)17-6-7-24-20(23)14-17/h3-8,13-14H,2,9-12,15H2,1H3. The van der Waals surface area contributed by atoms with Gasteiger partial charge in [-0.1, -0.05) is 17.7 Å². The zero-order valence-corrected chi connectivity index (χ0v) is 17.5. The molecule has 8 heteroatoms. The molecule has 0 unspecified atom stereocenters. The molecular weight excluding hydrogens is 404 g/mol. The molecule has 1 aliphatic rings. The first-order chi connectivity index (χ1) is 14.6. The highest BCUT2D eigenvalue weighted by Gasteiger charge is 2.21. The highest BCUT2D eigenvalue weighted by Crippen LogP contribution is 2.21. The van der Waals surface area contributed by atoms with Crippen molar-refractivity contribution in [3.8, 4) is 0 Å². The number of ether oxygens (including phenoxy) is 1. The van der Waals surface area contributed by atoms with Gasteiger partial charge in [-0.25, -0.2) is 9.78 Å². The third-order valence-corrected chi connectivity index (χ3v) is 5.50. The van der Waals surface area contributed by atoms with Crippen molar-refractivity contribution >= 4 is 28.8 Å². The Hall–Kier alpha value is -2.90. The lowest BCUT2D eigenvalue weighted by Gasteiger charge is -2.36. The monoisotopic (exact) mass is 426 g/mol. The van der Waals surface area contributed by atoms with Gasteiger partial charge in [-0.3, -0.25) is 14.1 Å². The molecule has 1 saturated heterocycles. The summed E-state index contributed by atoms with van der Waals surface area (Å²) in [6.45, 7) is 6.02. The highest BCUT2D eigenvalue weighted by atomic mass is 35.5. The maximum Gasteiger partial charge on any atom is 0.343 e. The summed E-state index contributed by atoms with van der Waals surface area (Å²) >= 11 is 6.02. The van der Waals surface area contributed by atoms with E-state index in [1.165, 1.54) is 4.40 Å². The number of hydrogen-bond acceptors (Lipinski definition) is 6. The zero-order valence-electron chi connectivity index (χ0n) is 16.8. The summed E-state index contributed by atoms with van der Waals surface area (Å²) in [5.41, 5.74) is 2.52. The van der Waals surface area contributed by atoms with Crippen molar-refractivity contribution in [3.05, 3.63) is 75.4 Å². The van der Waals surface area contributed by atoms with Crippen LogP contribution in [0, 0.1) is 0 Å². The average Bonchev–Trinajstić information content (AvgIpc) is 2.76. The van der Waals surface area contributed by atoms with Gasteiger partial charge in [0.15, 0.2) is 0 Å². The lowest BCUT2D eigenvalue weighted by Crippen LogP contribution is -2.46. The number of nitrogens with zero attached hydrogens (tertiary/aromatic N) is 4. The summed E-state index contributed by atoms with van der Waals surface area (Å²) in [4.78, 5) is 33.7. The molecule has 4 rings (SSSR count). The third kappa shape index (κ3) is 4.17. The van der Waals surface area contributed by atoms with Crippen LogP contribution in [0.15, 0.2) is 53.6 Å². The van der Waals surface area contributed by atoms with Crippen LogP contribution >= 0.6 is 11.6 Å². The van der Waals surface area contributed by atoms with Gasteiger partial charge in [-0.05, 0) is 42.8 Å². The minimum atomic E-state index is -0.582. The number of esters is 1. The Morgan fingerprint density at radius 1 is 1.17 bits per heavy atom. The molecule has 0 N–H and O–H groups in total. The molecule has 1 aliphatic heterocycles. The maximum absolute atomic E-state index is 12.7. The average molecular weight is 427 g/mol. The normalized spacial score (nSPS) is 14.8. The lowest BCUT2D eigenvalue weighted by molar-refractivity contribution is 0.0524. The van der Waals surface area contributed by atoms with Crippen molar-refractivity contribution in [1.82, 2.24) is 14.3 Å². The molecule has 7 nitrogen and oxygen atoms in total. The fourth-order valence-corrected chi connectivity index (χ4v) is 3.97. The van der Waals surface area contributed by atoms with Crippen LogP contribution < -0.4 is 10.5 Å². The van der Waals surface area contributed by atoms with Crippen molar-refractivity contribution in [3.63, 3.8) is 0 Å². The summed E-state index contributed by atoms with van der Waals surface area (Å²) in [6.07, 6.45) is 3.41. The number of aromatic nitrogens is 2. The summed E-state index contributed by atoms with van der Waals surface area (Å²) < 4.78 is 6.61. The van der Waals surface area contributed by atoms with Gasteiger partial charge in [0, 0.05) is 50.8 Å². The first-order valence-electron chi connectivity index (χ1n) is 9.96. The molecule has 0 spiro atoms. The Morgan fingerprint density at radius 3 is 2.70 bits per heavy atom. The van der Waals surface area contributed by atoms with Crippen LogP contribution in [0.1, 0.15) is 22.8 Å². The minimum absolute atomic E-state index is 0.0700. The highest BCUT2D eigenvalue weighted by molar-refractivity contribution is 6.29. The summed E-state index contributed by atoms with van der Waals surface area (Å²) in [5, 5.41) is 0.489. The number of carbonyl (C=O) groups excluding carboxylic acids is 1. The van der Waals surface area contributed by atoms with Crippen LogP contribution in [-0.4, -0.2) is 53.0 Å². The molecule has 0 amide bonds. The van der Waals surface area contributed by atoms with Crippen molar-refractivity contribution in [2.45, 2.75) is 13.5 Å². The predicted octanol–water partition coefficient (Wildman–Crippen LogP) is 2.85. The topological polar surface area (TPSA) is 67.2 Å². The van der Waals surface area contributed by atoms with Crippen molar-refractivity contribution in [2.75, 3.05) is 37.7 Å². The van der Waals surface area contributed by atoms with E-state index in [9.17, 15) is 9.59 Å². The van der Waals surface area contributed by atoms with Gasteiger partial charge in [0.2, 0.25) is 0 Å². The van der Waals surface area contributed by atoms with Crippen molar-refractivity contribution in [1.29, 1.82) is 0 Å². The number of rotatable bonds is 5. The van der Waals surface area contributed by atoms with E-state index < -0.39 is 5.97 Å². The van der Waals surface area contributed by atoms with Gasteiger partial charge in [-0.2, -0.15) is 0 Å². The van der Waals surface area contributed by atoms with Crippen molar-refractivity contribution < 1.29 is 9.53 Å². The second-order valence-electron chi connectivity index (χ2n) is 7.16. The van der Waals surface area contributed by atoms with Crippen LogP contribution in [-0.2, 0) is 11.3 Å². The molecule has 4 heterocycles. The first kappa shape index (κ1) is 20.4. The molecule has 0 bridgehead atoms. The molecule has 3 aromatic rings. The molecule has 0 aromatic carbocycles. The van der Waals surface area contributed by atoms with Gasteiger partial charge in [0.1, 0.15) is 10.7 Å². The van der Waals surface area contributed by atoms with Gasteiger partial charge in [0.25, 0.3) is 5.56 Å². The number of fused-ring (bicyclic) bond motifs is 1. The van der Waals surface area contributed by atoms with E-state index in [1.54, 1.807) is 31.5 Å². The quantitative estimate of drug-likeness (QED) is 0.461. The summed E-state index contributed by atoms with van der Waals surface area (Å²) in [6, 6.07) is 11.1. The molecule has 0 saturated carbocycles. The van der Waals surface area contributed by atoms with Crippen LogP contribution in [0.5, 0.6) is 0 Å². The molecule has 156 valence electrons. The number of anilines is 1. The second-order valence-corrected chi connectivity index (χ2v) is 7.55. The maximum atomic E-state index is 12.7. The molecule has 1 fully saturated rings. The van der Waals surface area contributed by atoms with E-state index in [4.69, 9.17) is 16.3 Å². The van der Waals surface area contributed by atoms with Crippen LogP contribution in [0.3, 0.4) is 0 Å². The first-order valence-corrected chi connectivity index (χ1v) is 10.3. The van der Waals surface area contributed by atoms with Crippen molar-refractivity contribution in [2.24, 2.45) is 0 Å². The Kier molecular flexibility index (Phi) is 6.01. The second kappa shape index (κ2) is 8.85. The Bertz CT molecular complexity index is 1120. The number of carbonyl (C=O) groups is 1. The number of pyridine rings is 3. The number of halogens is 1. The van der Waals surface area contributed by atoms with Crippen LogP contribution in [0.25, 0.3) is 5.52 Å². The van der Waals surface area contributed by atoms with Gasteiger partial charge < -0.3 is 9.64 Å². The lowest BCUT2D eigenvalue weighted by atomic mass is 10.1. The van der Waals surface area contributed by atoms with E-state index >= 15 is 0 Å². The summed E-state index contributed by atoms with van der Waals surface area (Å²) in [5.74, 6) is -0.582. The Balaban J connectivity index is 1.56. The smallest absolute Gasteiger partial charge is 0.343 e. The SMILES string of the molecule is CCOC(=O)c1cc(CN2CCN(c3ccnc(Cl)c3)CC2)c2ccccn2c1=O. The third-order valence-electron chi connectivity index (χ3n) is 5.29. The number of hydrogen-bond donors (Lipinski definition) is 0. The Morgan fingerprint density at radius 2 is 1.97 bits per heavy atom. The fourth-order valence-electron chi connectivity index (χ4n) is 3.80. The molecule has 0 aliphatic carbocycles. The van der Waals surface area contributed by atoms with Gasteiger partial charge >= 0.3 is 5.97 Å². The largest absolute Gasteiger partial charge is 0.462 e. The minimum Gasteiger partial charge on any atom is -0.462 e. The zero-order chi connectivity index (χ0) is 21.1. The molecular formula is C22H23ClN4O3. The van der Waals surface area contributed by atoms with E-state index in [1.807, 2.05) is 24.3 Å². The van der Waals surface area contributed by atoms with Gasteiger partial charge in [-0.15, -0.1) is 0 Å². The van der Waals surface area contributed by atoms with Crippen LogP contribution in [0.2, 0.25) is 5.15 Å². The van der Waals surface area contributed by atoms with E-state index in [-0.39, 0.29) is 17.7 Å². The van der Waals surface area contributed by atoms with Crippen LogP contribution in [0.4, 0.5) is 5.69 Å². The number of piperazine rings is 1.